The lowest BCUT2D eigenvalue weighted by atomic mass is 9.60. The number of rotatable bonds is 7. The zero-order chi connectivity index (χ0) is 21.9. The third kappa shape index (κ3) is 4.99. The molecule has 0 radical (unpaired) electrons. The topological polar surface area (TPSA) is 57.5 Å². The van der Waals surface area contributed by atoms with Crippen LogP contribution in [-0.2, 0) is 4.79 Å². The highest BCUT2D eigenvalue weighted by Crippen LogP contribution is 2.60. The zero-order valence-electron chi connectivity index (χ0n) is 19.3. The Bertz CT molecular complexity index is 690. The predicted octanol–water partition coefficient (Wildman–Crippen LogP) is 5.77. The van der Waals surface area contributed by atoms with Gasteiger partial charge in [0.05, 0.1) is 12.2 Å². The van der Waals surface area contributed by atoms with Crippen LogP contribution >= 0.6 is 0 Å². The van der Waals surface area contributed by atoms with Crippen molar-refractivity contribution in [3.63, 3.8) is 0 Å². The molecule has 0 aromatic heterocycles. The van der Waals surface area contributed by atoms with Crippen LogP contribution < -0.4 is 0 Å². The Morgan fingerprint density at radius 2 is 1.97 bits per heavy atom. The highest BCUT2D eigenvalue weighted by Gasteiger charge is 2.54. The number of hydrogen-bond acceptors (Lipinski definition) is 3. The third-order valence-electron chi connectivity index (χ3n) is 8.43. The van der Waals surface area contributed by atoms with Crippen LogP contribution in [0.15, 0.2) is 35.5 Å². The maximum absolute atomic E-state index is 11.1. The fourth-order valence-electron chi connectivity index (χ4n) is 6.73. The van der Waals surface area contributed by atoms with Crippen molar-refractivity contribution in [3.05, 3.63) is 35.5 Å². The standard InChI is InChI=1S/C27H42O3/c1-18(17-28)7-5-8-20(3)26-25(30)16-24-21(9-6-14-27(24,26)4)11-12-22-15-23(29)13-10-19(22)2/h11-12,17-18,20,23-26,29-30H,2,5-10,13-16H2,1,3-4H3/b21-11+,22-12+/t18?,20-,23+,24+,25?,26+,27-/m1/s1. The van der Waals surface area contributed by atoms with E-state index in [9.17, 15) is 15.0 Å². The first kappa shape index (κ1) is 23.5. The number of allylic oxidation sites excluding steroid dienone is 4. The first-order valence-corrected chi connectivity index (χ1v) is 12.2. The Balaban J connectivity index is 1.73. The fourth-order valence-corrected chi connectivity index (χ4v) is 6.73. The Hall–Kier alpha value is -1.19. The highest BCUT2D eigenvalue weighted by molar-refractivity contribution is 5.52. The summed E-state index contributed by atoms with van der Waals surface area (Å²) in [5.41, 5.74) is 3.99. The number of carbonyl (C=O) groups excluding carboxylic acids is 1. The summed E-state index contributed by atoms with van der Waals surface area (Å²) in [6, 6.07) is 0. The average molecular weight is 415 g/mol. The Morgan fingerprint density at radius 1 is 1.20 bits per heavy atom. The lowest BCUT2D eigenvalue weighted by molar-refractivity contribution is -0.110. The molecule has 2 N–H and O–H groups in total. The van der Waals surface area contributed by atoms with E-state index in [1.165, 1.54) is 29.6 Å². The second-order valence-electron chi connectivity index (χ2n) is 10.7. The molecule has 0 saturated heterocycles. The van der Waals surface area contributed by atoms with Crippen molar-refractivity contribution in [1.82, 2.24) is 0 Å². The van der Waals surface area contributed by atoms with Crippen LogP contribution in [0.5, 0.6) is 0 Å². The van der Waals surface area contributed by atoms with E-state index in [-0.39, 0.29) is 23.5 Å². The van der Waals surface area contributed by atoms with Gasteiger partial charge in [-0.3, -0.25) is 0 Å². The van der Waals surface area contributed by atoms with Crippen molar-refractivity contribution in [1.29, 1.82) is 0 Å². The molecule has 3 rings (SSSR count). The average Bonchev–Trinajstić information content (AvgIpc) is 2.98. The third-order valence-corrected chi connectivity index (χ3v) is 8.43. The molecule has 30 heavy (non-hydrogen) atoms. The number of hydrogen-bond donors (Lipinski definition) is 2. The second-order valence-corrected chi connectivity index (χ2v) is 10.7. The number of aliphatic hydroxyl groups excluding tert-OH is 2. The normalized spacial score (nSPS) is 39.2. The van der Waals surface area contributed by atoms with Crippen molar-refractivity contribution in [2.45, 2.75) is 97.2 Å². The second kappa shape index (κ2) is 9.96. The van der Waals surface area contributed by atoms with Gasteiger partial charge in [0.1, 0.15) is 6.29 Å². The number of aldehydes is 1. The van der Waals surface area contributed by atoms with Crippen LogP contribution in [0.1, 0.15) is 85.0 Å². The van der Waals surface area contributed by atoms with Gasteiger partial charge in [0.15, 0.2) is 0 Å². The SMILES string of the molecule is C=C1CC[C@H](O)C/C1=C\C=C1/CCC[C@@]2(C)[C@@H]([C@H](C)CCCC(C)C=O)C(O)C[C@@H]12. The van der Waals surface area contributed by atoms with Gasteiger partial charge >= 0.3 is 0 Å². The number of fused-ring (bicyclic) bond motifs is 1. The first-order valence-electron chi connectivity index (χ1n) is 12.2. The first-order chi connectivity index (χ1) is 14.3. The summed E-state index contributed by atoms with van der Waals surface area (Å²) >= 11 is 0. The maximum Gasteiger partial charge on any atom is 0.122 e. The predicted molar refractivity (Wildman–Crippen MR) is 123 cm³/mol. The zero-order valence-corrected chi connectivity index (χ0v) is 19.3. The molecule has 0 bridgehead atoms. The summed E-state index contributed by atoms with van der Waals surface area (Å²) in [5, 5.41) is 21.1. The van der Waals surface area contributed by atoms with Crippen LogP contribution in [0.2, 0.25) is 0 Å². The van der Waals surface area contributed by atoms with E-state index >= 15 is 0 Å². The van der Waals surface area contributed by atoms with E-state index in [1.807, 2.05) is 6.92 Å². The number of aliphatic hydroxyl groups is 2. The summed E-state index contributed by atoms with van der Waals surface area (Å²) < 4.78 is 0. The molecule has 3 saturated carbocycles. The van der Waals surface area contributed by atoms with E-state index in [0.29, 0.717) is 24.2 Å². The molecule has 0 aromatic carbocycles. The highest BCUT2D eigenvalue weighted by atomic mass is 16.3. The molecular weight excluding hydrogens is 372 g/mol. The van der Waals surface area contributed by atoms with Crippen LogP contribution in [0.25, 0.3) is 0 Å². The summed E-state index contributed by atoms with van der Waals surface area (Å²) in [6.45, 7) is 10.9. The maximum atomic E-state index is 11.1. The smallest absolute Gasteiger partial charge is 0.122 e. The molecule has 3 fully saturated rings. The summed E-state index contributed by atoms with van der Waals surface area (Å²) in [6.07, 6.45) is 15.0. The molecule has 3 aliphatic carbocycles. The largest absolute Gasteiger partial charge is 0.393 e. The van der Waals surface area contributed by atoms with Gasteiger partial charge in [-0.15, -0.1) is 0 Å². The molecule has 0 aliphatic heterocycles. The minimum absolute atomic E-state index is 0.138. The summed E-state index contributed by atoms with van der Waals surface area (Å²) in [7, 11) is 0. The van der Waals surface area contributed by atoms with Gasteiger partial charge in [0, 0.05) is 5.92 Å². The van der Waals surface area contributed by atoms with Crippen molar-refractivity contribution < 1.29 is 15.0 Å². The monoisotopic (exact) mass is 414 g/mol. The molecule has 0 amide bonds. The van der Waals surface area contributed by atoms with Gasteiger partial charge < -0.3 is 15.0 Å². The van der Waals surface area contributed by atoms with Gasteiger partial charge in [0.2, 0.25) is 0 Å². The van der Waals surface area contributed by atoms with Gasteiger partial charge in [0.25, 0.3) is 0 Å². The van der Waals surface area contributed by atoms with Crippen molar-refractivity contribution in [2.75, 3.05) is 0 Å². The quantitative estimate of drug-likeness (QED) is 0.520. The molecule has 0 aromatic rings. The van der Waals surface area contributed by atoms with Crippen LogP contribution in [0, 0.1) is 29.1 Å². The molecule has 7 atom stereocenters. The Labute approximate surface area is 183 Å². The Kier molecular flexibility index (Phi) is 7.79. The number of carbonyl (C=O) groups is 1. The van der Waals surface area contributed by atoms with Crippen LogP contribution in [0.4, 0.5) is 0 Å². The van der Waals surface area contributed by atoms with Crippen molar-refractivity contribution in [3.8, 4) is 0 Å². The molecule has 3 heteroatoms. The van der Waals surface area contributed by atoms with E-state index < -0.39 is 0 Å². The molecule has 2 unspecified atom stereocenters. The molecule has 0 spiro atoms. The van der Waals surface area contributed by atoms with Gasteiger partial charge in [-0.25, -0.2) is 0 Å². The fraction of sp³-hybridized carbons (Fsp3) is 0.741. The van der Waals surface area contributed by atoms with Gasteiger partial charge in [-0.1, -0.05) is 63.5 Å². The van der Waals surface area contributed by atoms with Gasteiger partial charge in [-0.05, 0) is 80.1 Å². The molecule has 168 valence electrons. The van der Waals surface area contributed by atoms with Gasteiger partial charge in [-0.2, -0.15) is 0 Å². The summed E-state index contributed by atoms with van der Waals surface area (Å²) in [4.78, 5) is 10.9. The lowest BCUT2D eigenvalue weighted by Crippen LogP contribution is -2.38. The van der Waals surface area contributed by atoms with Crippen molar-refractivity contribution >= 4 is 6.29 Å². The van der Waals surface area contributed by atoms with Crippen LogP contribution in [-0.4, -0.2) is 28.7 Å². The Morgan fingerprint density at radius 3 is 2.70 bits per heavy atom. The minimum atomic E-state index is -0.239. The van der Waals surface area contributed by atoms with E-state index in [1.54, 1.807) is 0 Å². The van der Waals surface area contributed by atoms with E-state index in [2.05, 4.69) is 32.6 Å². The van der Waals surface area contributed by atoms with Crippen LogP contribution in [0.3, 0.4) is 0 Å². The van der Waals surface area contributed by atoms with E-state index in [4.69, 9.17) is 0 Å². The van der Waals surface area contributed by atoms with Crippen molar-refractivity contribution in [2.24, 2.45) is 29.1 Å². The summed E-state index contributed by atoms with van der Waals surface area (Å²) in [5.74, 6) is 1.39. The lowest BCUT2D eigenvalue weighted by Gasteiger charge is -2.44. The molecule has 3 nitrogen and oxygen atoms in total. The minimum Gasteiger partial charge on any atom is -0.393 e. The molecule has 3 aliphatic rings. The molecule has 0 heterocycles. The van der Waals surface area contributed by atoms with E-state index in [0.717, 1.165) is 51.2 Å². The molecular formula is C27H42O3.